The highest BCUT2D eigenvalue weighted by Crippen LogP contribution is 2.03. The molecule has 0 fully saturated rings. The molecule has 176 valence electrons. The fourth-order valence-electron chi connectivity index (χ4n) is 2.16. The Hall–Kier alpha value is -2.52. The molecule has 0 saturated carbocycles. The predicted octanol–water partition coefficient (Wildman–Crippen LogP) is -2.56. The maximum absolute atomic E-state index is 12.5. The van der Waals surface area contributed by atoms with Gasteiger partial charge in [0.2, 0.25) is 17.7 Å². The van der Waals surface area contributed by atoms with E-state index in [4.69, 9.17) is 21.1 Å². The monoisotopic (exact) mass is 482 g/mol. The molecule has 0 aliphatic rings. The Balaban J connectivity index is 5.23. The molecule has 0 aromatic carbocycles. The van der Waals surface area contributed by atoms with Gasteiger partial charge in [-0.05, 0) is 12.8 Å². The summed E-state index contributed by atoms with van der Waals surface area (Å²) in [5.74, 6) is -6.86. The third kappa shape index (κ3) is 11.4. The van der Waals surface area contributed by atoms with Crippen LogP contribution in [0.15, 0.2) is 0 Å². The fourth-order valence-corrected chi connectivity index (χ4v) is 2.59. The third-order valence-corrected chi connectivity index (χ3v) is 4.65. The molecule has 0 aromatic heterocycles. The molecule has 0 radical (unpaired) electrons. The standard InChI is InChI=1S/C16H26N4O9S2/c17-7(5-30)13(25)18-8(1-3-11(21)22)14(26)20-10(6-31)15(27)19-9(16(28)29)2-4-12(23)24/h7-10,30-31H,1-6,17H2,(H,18,25)(H,19,27)(H,20,26)(H,21,22)(H,23,24)(H,28,29). The van der Waals surface area contributed by atoms with Gasteiger partial charge in [-0.25, -0.2) is 4.79 Å². The number of rotatable bonds is 15. The quantitative estimate of drug-likeness (QED) is 0.111. The van der Waals surface area contributed by atoms with Crippen molar-refractivity contribution >= 4 is 60.9 Å². The summed E-state index contributed by atoms with van der Waals surface area (Å²) < 4.78 is 0. The molecule has 0 aliphatic carbocycles. The molecule has 0 aliphatic heterocycles. The SMILES string of the molecule is NC(CS)C(=O)NC(CCC(=O)O)C(=O)NC(CS)C(=O)NC(CCC(=O)O)C(=O)O. The largest absolute Gasteiger partial charge is 0.481 e. The summed E-state index contributed by atoms with van der Waals surface area (Å²) in [4.78, 5) is 69.5. The molecule has 31 heavy (non-hydrogen) atoms. The number of thiol groups is 2. The predicted molar refractivity (Wildman–Crippen MR) is 113 cm³/mol. The second-order valence-electron chi connectivity index (χ2n) is 6.36. The lowest BCUT2D eigenvalue weighted by molar-refractivity contribution is -0.143. The molecule has 4 atom stereocenters. The lowest BCUT2D eigenvalue weighted by Crippen LogP contribution is -2.57. The van der Waals surface area contributed by atoms with Crippen molar-refractivity contribution in [2.75, 3.05) is 11.5 Å². The topological polar surface area (TPSA) is 225 Å². The van der Waals surface area contributed by atoms with Crippen LogP contribution >= 0.6 is 25.3 Å². The third-order valence-electron chi connectivity index (χ3n) is 3.89. The Bertz CT molecular complexity index is 692. The minimum absolute atomic E-state index is 0.0340. The fraction of sp³-hybridized carbons (Fsp3) is 0.625. The molecule has 8 N–H and O–H groups in total. The number of carboxylic acids is 3. The average Bonchev–Trinajstić information content (AvgIpc) is 2.70. The van der Waals surface area contributed by atoms with Gasteiger partial charge in [-0.3, -0.25) is 24.0 Å². The van der Waals surface area contributed by atoms with Gasteiger partial charge in [0.25, 0.3) is 0 Å². The van der Waals surface area contributed by atoms with E-state index in [1.54, 1.807) is 0 Å². The molecule has 0 rings (SSSR count). The molecule has 0 bridgehead atoms. The maximum Gasteiger partial charge on any atom is 0.326 e. The zero-order valence-electron chi connectivity index (χ0n) is 16.3. The van der Waals surface area contributed by atoms with Crippen LogP contribution in [-0.2, 0) is 28.8 Å². The molecule has 0 saturated heterocycles. The molecule has 0 heterocycles. The van der Waals surface area contributed by atoms with Crippen molar-refractivity contribution in [3.05, 3.63) is 0 Å². The van der Waals surface area contributed by atoms with Gasteiger partial charge in [-0.1, -0.05) is 0 Å². The van der Waals surface area contributed by atoms with Crippen molar-refractivity contribution in [2.24, 2.45) is 5.73 Å². The van der Waals surface area contributed by atoms with Crippen LogP contribution in [0.4, 0.5) is 0 Å². The molecule has 15 heteroatoms. The summed E-state index contributed by atoms with van der Waals surface area (Å²) in [5, 5.41) is 33.3. The number of hydrogen-bond acceptors (Lipinski definition) is 9. The van der Waals surface area contributed by atoms with Crippen LogP contribution < -0.4 is 21.7 Å². The van der Waals surface area contributed by atoms with E-state index in [1.807, 2.05) is 0 Å². The van der Waals surface area contributed by atoms with Gasteiger partial charge >= 0.3 is 17.9 Å². The van der Waals surface area contributed by atoms with E-state index in [0.717, 1.165) is 0 Å². The lowest BCUT2D eigenvalue weighted by Gasteiger charge is -2.24. The number of amides is 3. The average molecular weight is 483 g/mol. The highest BCUT2D eigenvalue weighted by molar-refractivity contribution is 7.80. The minimum atomic E-state index is -1.52. The van der Waals surface area contributed by atoms with Crippen molar-refractivity contribution in [1.29, 1.82) is 0 Å². The summed E-state index contributed by atoms with van der Waals surface area (Å²) in [6.07, 6.45) is -1.67. The highest BCUT2D eigenvalue weighted by Gasteiger charge is 2.30. The minimum Gasteiger partial charge on any atom is -0.481 e. The Morgan fingerprint density at radius 3 is 1.52 bits per heavy atom. The summed E-state index contributed by atoms with van der Waals surface area (Å²) in [5.41, 5.74) is 5.52. The smallest absolute Gasteiger partial charge is 0.326 e. The van der Waals surface area contributed by atoms with E-state index in [2.05, 4.69) is 41.2 Å². The van der Waals surface area contributed by atoms with Crippen molar-refractivity contribution in [3.8, 4) is 0 Å². The van der Waals surface area contributed by atoms with E-state index < -0.39 is 72.6 Å². The van der Waals surface area contributed by atoms with Crippen LogP contribution in [0.5, 0.6) is 0 Å². The summed E-state index contributed by atoms with van der Waals surface area (Å²) in [7, 11) is 0. The molecule has 0 aromatic rings. The van der Waals surface area contributed by atoms with Crippen LogP contribution in [0.25, 0.3) is 0 Å². The summed E-state index contributed by atoms with van der Waals surface area (Å²) in [6, 6.07) is -5.26. The zero-order chi connectivity index (χ0) is 24.1. The van der Waals surface area contributed by atoms with E-state index in [-0.39, 0.29) is 24.3 Å². The van der Waals surface area contributed by atoms with E-state index in [0.29, 0.717) is 0 Å². The number of carboxylic acid groups (broad SMARTS) is 3. The first-order valence-electron chi connectivity index (χ1n) is 8.97. The van der Waals surface area contributed by atoms with Gasteiger partial charge in [-0.15, -0.1) is 0 Å². The Kier molecular flexibility index (Phi) is 13.3. The summed E-state index contributed by atoms with van der Waals surface area (Å²) in [6.45, 7) is 0. The zero-order valence-corrected chi connectivity index (χ0v) is 18.1. The lowest BCUT2D eigenvalue weighted by atomic mass is 10.1. The van der Waals surface area contributed by atoms with Gasteiger partial charge in [0.15, 0.2) is 0 Å². The molecule has 3 amide bonds. The van der Waals surface area contributed by atoms with Crippen molar-refractivity contribution in [1.82, 2.24) is 16.0 Å². The molecule has 0 spiro atoms. The van der Waals surface area contributed by atoms with Crippen LogP contribution in [-0.4, -0.2) is 86.6 Å². The van der Waals surface area contributed by atoms with Crippen molar-refractivity contribution in [2.45, 2.75) is 49.9 Å². The van der Waals surface area contributed by atoms with Gasteiger partial charge < -0.3 is 37.0 Å². The van der Waals surface area contributed by atoms with Gasteiger partial charge in [0.1, 0.15) is 18.1 Å². The number of carbonyl (C=O) groups is 6. The van der Waals surface area contributed by atoms with Gasteiger partial charge in [-0.2, -0.15) is 25.3 Å². The Morgan fingerprint density at radius 2 is 1.10 bits per heavy atom. The van der Waals surface area contributed by atoms with Crippen LogP contribution in [0.3, 0.4) is 0 Å². The van der Waals surface area contributed by atoms with Gasteiger partial charge in [0, 0.05) is 24.3 Å². The van der Waals surface area contributed by atoms with E-state index >= 15 is 0 Å². The number of carbonyl (C=O) groups excluding carboxylic acids is 3. The highest BCUT2D eigenvalue weighted by atomic mass is 32.1. The first kappa shape index (κ1) is 28.5. The molecule has 4 unspecified atom stereocenters. The van der Waals surface area contributed by atoms with E-state index in [9.17, 15) is 28.8 Å². The van der Waals surface area contributed by atoms with Crippen molar-refractivity contribution < 1.29 is 44.1 Å². The number of nitrogens with one attached hydrogen (secondary N) is 3. The molecular weight excluding hydrogens is 456 g/mol. The van der Waals surface area contributed by atoms with Crippen molar-refractivity contribution in [3.63, 3.8) is 0 Å². The molecule has 13 nitrogen and oxygen atoms in total. The second-order valence-corrected chi connectivity index (χ2v) is 7.09. The van der Waals surface area contributed by atoms with Gasteiger partial charge in [0.05, 0.1) is 6.04 Å². The second kappa shape index (κ2) is 14.5. The maximum atomic E-state index is 12.5. The normalized spacial score (nSPS) is 14.4. The number of nitrogens with two attached hydrogens (primary N) is 1. The summed E-state index contributed by atoms with van der Waals surface area (Å²) >= 11 is 7.79. The number of aliphatic carboxylic acids is 3. The van der Waals surface area contributed by atoms with Crippen LogP contribution in [0, 0.1) is 0 Å². The Morgan fingerprint density at radius 1 is 0.677 bits per heavy atom. The Labute approximate surface area is 188 Å². The first-order chi connectivity index (χ1) is 14.4. The molecular formula is C16H26N4O9S2. The van der Waals surface area contributed by atoms with Crippen LogP contribution in [0.2, 0.25) is 0 Å². The number of hydrogen-bond donors (Lipinski definition) is 9. The van der Waals surface area contributed by atoms with E-state index in [1.165, 1.54) is 0 Å². The van der Waals surface area contributed by atoms with Crippen LogP contribution in [0.1, 0.15) is 25.7 Å². The first-order valence-corrected chi connectivity index (χ1v) is 10.2.